The molecule has 0 aromatic heterocycles. The van der Waals surface area contributed by atoms with Crippen molar-refractivity contribution < 1.29 is 14.7 Å². The van der Waals surface area contributed by atoms with Crippen molar-refractivity contribution in [2.45, 2.75) is 118 Å². The van der Waals surface area contributed by atoms with Gasteiger partial charge in [0.05, 0.1) is 11.0 Å². The van der Waals surface area contributed by atoms with Crippen LogP contribution in [0.5, 0.6) is 0 Å². The normalized spacial score (nSPS) is 42.1. The molecule has 4 saturated carbocycles. The number of likely N-dealkylation sites (tertiary alicyclic amines) is 1. The summed E-state index contributed by atoms with van der Waals surface area (Å²) in [5.41, 5.74) is 3.46. The van der Waals surface area contributed by atoms with Crippen LogP contribution in [-0.2, 0) is 4.79 Å². The van der Waals surface area contributed by atoms with E-state index in [0.717, 1.165) is 38.3 Å². The predicted molar refractivity (Wildman–Crippen MR) is 181 cm³/mol. The van der Waals surface area contributed by atoms with Crippen molar-refractivity contribution in [1.29, 1.82) is 0 Å². The molecule has 5 nitrogen and oxygen atoms in total. The Bertz CT molecular complexity index is 1350. The van der Waals surface area contributed by atoms with Crippen LogP contribution in [0.3, 0.4) is 0 Å². The maximum Gasteiger partial charge on any atom is 0.335 e. The Morgan fingerprint density at radius 1 is 0.867 bits per heavy atom. The molecule has 1 heterocycles. The topological polar surface area (TPSA) is 69.6 Å². The fourth-order valence-corrected chi connectivity index (χ4v) is 13.4. The third-order valence-electron chi connectivity index (χ3n) is 15.4. The molecule has 246 valence electrons. The SMILES string of the molecule is CCN1CCCC1CNC(=O)[C@]12CCCC1[C@H]1CCC3[C@@](C)(CCC4C(C)(C)C(c5ccc(C(=O)O)cc5)=CC[C@@]43C)C1CC2. The molecule has 0 radical (unpaired) electrons. The zero-order chi connectivity index (χ0) is 31.8. The zero-order valence-corrected chi connectivity index (χ0v) is 28.7. The van der Waals surface area contributed by atoms with Crippen molar-refractivity contribution in [3.05, 3.63) is 41.5 Å². The van der Waals surface area contributed by atoms with Gasteiger partial charge in [0, 0.05) is 12.6 Å². The first-order chi connectivity index (χ1) is 21.5. The molecule has 5 heteroatoms. The van der Waals surface area contributed by atoms with Crippen LogP contribution < -0.4 is 5.32 Å². The van der Waals surface area contributed by atoms with Gasteiger partial charge in [0.2, 0.25) is 5.91 Å². The minimum Gasteiger partial charge on any atom is -0.478 e. The molecule has 1 aromatic rings. The lowest BCUT2D eigenvalue weighted by Crippen LogP contribution is -2.62. The third kappa shape index (κ3) is 4.71. The number of nitrogens with one attached hydrogen (secondary N) is 1. The number of carbonyl (C=O) groups is 2. The summed E-state index contributed by atoms with van der Waals surface area (Å²) in [6.07, 6.45) is 17.2. The Labute approximate surface area is 272 Å². The molecule has 0 spiro atoms. The number of likely N-dealkylation sites (N-methyl/N-ethyl adjacent to an activating group) is 1. The molecule has 5 unspecified atom stereocenters. The molecule has 9 atom stereocenters. The Kier molecular flexibility index (Phi) is 7.86. The number of rotatable bonds is 6. The number of allylic oxidation sites excluding steroid dienone is 2. The van der Waals surface area contributed by atoms with Gasteiger partial charge in [-0.2, -0.15) is 0 Å². The van der Waals surface area contributed by atoms with Crippen LogP contribution >= 0.6 is 0 Å². The minimum atomic E-state index is -0.862. The first-order valence-electron chi connectivity index (χ1n) is 18.5. The van der Waals surface area contributed by atoms with Gasteiger partial charge in [-0.05, 0) is 153 Å². The number of aromatic carboxylic acids is 1. The Morgan fingerprint density at radius 3 is 2.38 bits per heavy atom. The summed E-state index contributed by atoms with van der Waals surface area (Å²) < 4.78 is 0. The highest BCUT2D eigenvalue weighted by Crippen LogP contribution is 2.73. The highest BCUT2D eigenvalue weighted by molar-refractivity contribution is 5.88. The van der Waals surface area contributed by atoms with Crippen molar-refractivity contribution in [3.8, 4) is 0 Å². The fraction of sp³-hybridized carbons (Fsp3) is 0.750. The minimum absolute atomic E-state index is 0.0356. The highest BCUT2D eigenvalue weighted by Gasteiger charge is 2.66. The van der Waals surface area contributed by atoms with Gasteiger partial charge in [-0.1, -0.05) is 59.2 Å². The quantitative estimate of drug-likeness (QED) is 0.337. The largest absolute Gasteiger partial charge is 0.478 e. The average Bonchev–Trinajstić information content (AvgIpc) is 3.67. The molecule has 0 bridgehead atoms. The number of amides is 1. The van der Waals surface area contributed by atoms with Gasteiger partial charge in [0.25, 0.3) is 0 Å². The Hall–Kier alpha value is -2.14. The lowest BCUT2D eigenvalue weighted by molar-refractivity contribution is -0.181. The number of carboxylic acids is 1. The molecular weight excluding hydrogens is 556 g/mol. The average molecular weight is 615 g/mol. The number of fused-ring (bicyclic) bond motifs is 7. The Balaban J connectivity index is 1.11. The standard InChI is InChI=1S/C40H58N2O3/c1-6-42-24-8-9-28(42)25-41-36(45)40-20-7-10-32(40)29-15-16-34-38(4,31(29)18-23-40)22-19-33-37(2,3)30(17-21-39(33,34)5)26-11-13-27(14-12-26)35(43)44/h11-14,17,28-29,31-34H,6-10,15-16,18-25H2,1-5H3,(H,41,45)(H,43,44)/t28?,29-,31?,32?,33?,34?,38-,39-,40-/m0/s1. The maximum absolute atomic E-state index is 14.1. The second-order valence-electron chi connectivity index (χ2n) is 17.3. The molecule has 1 aromatic carbocycles. The van der Waals surface area contributed by atoms with E-state index in [1.54, 1.807) is 12.1 Å². The molecule has 5 fully saturated rings. The van der Waals surface area contributed by atoms with E-state index >= 15 is 0 Å². The van der Waals surface area contributed by atoms with Crippen molar-refractivity contribution in [2.75, 3.05) is 19.6 Å². The first kappa shape index (κ1) is 31.5. The van der Waals surface area contributed by atoms with Crippen molar-refractivity contribution in [2.24, 2.45) is 51.2 Å². The maximum atomic E-state index is 14.1. The zero-order valence-electron chi connectivity index (χ0n) is 28.7. The van der Waals surface area contributed by atoms with Gasteiger partial charge < -0.3 is 10.4 Å². The van der Waals surface area contributed by atoms with Crippen molar-refractivity contribution in [1.82, 2.24) is 10.2 Å². The summed E-state index contributed by atoms with van der Waals surface area (Å²) in [6.45, 7) is 15.6. The monoisotopic (exact) mass is 614 g/mol. The van der Waals surface area contributed by atoms with Gasteiger partial charge in [-0.15, -0.1) is 0 Å². The summed E-state index contributed by atoms with van der Waals surface area (Å²) >= 11 is 0. The van der Waals surface area contributed by atoms with Gasteiger partial charge in [0.1, 0.15) is 0 Å². The molecule has 2 N–H and O–H groups in total. The highest BCUT2D eigenvalue weighted by atomic mass is 16.4. The van der Waals surface area contributed by atoms with Crippen LogP contribution in [0.25, 0.3) is 5.57 Å². The number of hydrogen-bond acceptors (Lipinski definition) is 3. The molecular formula is C40H58N2O3. The lowest BCUT2D eigenvalue weighted by atomic mass is 9.36. The van der Waals surface area contributed by atoms with Crippen molar-refractivity contribution >= 4 is 17.4 Å². The molecule has 45 heavy (non-hydrogen) atoms. The number of nitrogens with zero attached hydrogens (tertiary/aromatic N) is 1. The van der Waals surface area contributed by atoms with E-state index in [1.165, 1.54) is 75.5 Å². The van der Waals surface area contributed by atoms with Crippen LogP contribution in [0.1, 0.15) is 128 Å². The first-order valence-corrected chi connectivity index (χ1v) is 18.5. The number of carbonyl (C=O) groups excluding carboxylic acids is 1. The van der Waals surface area contributed by atoms with E-state index in [-0.39, 0.29) is 16.2 Å². The summed E-state index contributed by atoms with van der Waals surface area (Å²) in [6, 6.07) is 8.11. The van der Waals surface area contributed by atoms with Crippen LogP contribution in [0.15, 0.2) is 30.3 Å². The van der Waals surface area contributed by atoms with Gasteiger partial charge in [-0.25, -0.2) is 4.79 Å². The van der Waals surface area contributed by atoms with Crippen molar-refractivity contribution in [3.63, 3.8) is 0 Å². The van der Waals surface area contributed by atoms with E-state index < -0.39 is 5.97 Å². The number of benzene rings is 1. The van der Waals surface area contributed by atoms with Gasteiger partial charge in [-0.3, -0.25) is 9.69 Å². The number of hydrogen-bond donors (Lipinski definition) is 2. The summed E-state index contributed by atoms with van der Waals surface area (Å²) in [5, 5.41) is 13.0. The Morgan fingerprint density at radius 2 is 1.64 bits per heavy atom. The van der Waals surface area contributed by atoms with Gasteiger partial charge in [0.15, 0.2) is 0 Å². The molecule has 7 rings (SSSR count). The molecule has 5 aliphatic carbocycles. The summed E-state index contributed by atoms with van der Waals surface area (Å²) in [4.78, 5) is 28.2. The third-order valence-corrected chi connectivity index (χ3v) is 15.4. The second kappa shape index (κ2) is 11.2. The molecule has 1 saturated heterocycles. The molecule has 6 aliphatic rings. The van der Waals surface area contributed by atoms with E-state index in [9.17, 15) is 14.7 Å². The fourth-order valence-electron chi connectivity index (χ4n) is 13.4. The summed E-state index contributed by atoms with van der Waals surface area (Å²) in [5.74, 6) is 2.85. The summed E-state index contributed by atoms with van der Waals surface area (Å²) in [7, 11) is 0. The van der Waals surface area contributed by atoms with Crippen LogP contribution in [0, 0.1) is 51.2 Å². The number of carboxylic acid groups (broad SMARTS) is 1. The van der Waals surface area contributed by atoms with Crippen LogP contribution in [-0.4, -0.2) is 47.6 Å². The molecule has 1 amide bonds. The van der Waals surface area contributed by atoms with Crippen LogP contribution in [0.2, 0.25) is 0 Å². The van der Waals surface area contributed by atoms with Gasteiger partial charge >= 0.3 is 5.97 Å². The van der Waals surface area contributed by atoms with E-state index in [4.69, 9.17) is 0 Å². The van der Waals surface area contributed by atoms with Crippen LogP contribution in [0.4, 0.5) is 0 Å². The van der Waals surface area contributed by atoms with E-state index in [0.29, 0.717) is 46.6 Å². The second-order valence-corrected chi connectivity index (χ2v) is 17.3. The predicted octanol–water partition coefficient (Wildman–Crippen LogP) is 8.44. The molecule has 1 aliphatic heterocycles. The lowest BCUT2D eigenvalue weighted by Gasteiger charge is -2.68. The smallest absolute Gasteiger partial charge is 0.335 e. The van der Waals surface area contributed by atoms with E-state index in [1.807, 2.05) is 12.1 Å². The van der Waals surface area contributed by atoms with E-state index in [2.05, 4.69) is 50.9 Å².